The normalized spacial score (nSPS) is 13.2. The minimum Gasteiger partial charge on any atom is -0.454 e. The number of benzene rings is 5. The molecule has 0 saturated heterocycles. The molecule has 0 fully saturated rings. The van der Waals surface area contributed by atoms with Crippen LogP contribution in [-0.4, -0.2) is 10.6 Å². The van der Waals surface area contributed by atoms with Crippen LogP contribution in [0.3, 0.4) is 0 Å². The van der Waals surface area contributed by atoms with Crippen molar-refractivity contribution in [2.75, 3.05) is 0 Å². The smallest absolute Gasteiger partial charge is 0.265 e. The van der Waals surface area contributed by atoms with Crippen LogP contribution in [0, 0.1) is 0 Å². The first kappa shape index (κ1) is 25.2. The first-order valence-corrected chi connectivity index (χ1v) is 15.2. The van der Waals surface area contributed by atoms with Crippen molar-refractivity contribution in [1.82, 2.24) is 0 Å². The molecule has 0 aliphatic rings. The van der Waals surface area contributed by atoms with Crippen molar-refractivity contribution in [3.8, 4) is 5.75 Å². The summed E-state index contributed by atoms with van der Waals surface area (Å²) in [6, 6.07) is 46.6. The Balaban J connectivity index is 1.64. The van der Waals surface area contributed by atoms with Gasteiger partial charge in [-0.05, 0) is 24.6 Å². The molecule has 0 unspecified atom stereocenters. The number of hydrogen-bond donors (Lipinski definition) is 1. The van der Waals surface area contributed by atoms with Gasteiger partial charge in [-0.1, -0.05) is 140 Å². The third-order valence-electron chi connectivity index (χ3n) is 6.26. The summed E-state index contributed by atoms with van der Waals surface area (Å²) in [4.78, 5) is 0. The van der Waals surface area contributed by atoms with Crippen LogP contribution in [0.25, 0.3) is 0 Å². The fourth-order valence-corrected chi connectivity index (χ4v) is 9.52. The van der Waals surface area contributed by atoms with Crippen molar-refractivity contribution in [3.05, 3.63) is 146 Å². The lowest BCUT2D eigenvalue weighted by Crippen LogP contribution is -2.41. The Labute approximate surface area is 219 Å². The molecular weight excluding hydrogens is 494 g/mol. The van der Waals surface area contributed by atoms with Gasteiger partial charge in [0.1, 0.15) is 5.75 Å². The Morgan fingerprint density at radius 2 is 0.973 bits per heavy atom. The van der Waals surface area contributed by atoms with E-state index in [0.717, 1.165) is 15.9 Å². The zero-order chi connectivity index (χ0) is 25.7. The molecule has 0 radical (unpaired) electrons. The number of aliphatic hydroxyl groups is 1. The molecule has 0 amide bonds. The SMILES string of the molecule is C[C@@](O)(Oc1ccccc1P(c1ccccc1)c1ccccc1)P(=O)(c1ccccc1)c1ccccc1. The van der Waals surface area contributed by atoms with Gasteiger partial charge in [0, 0.05) is 22.8 Å². The highest BCUT2D eigenvalue weighted by Gasteiger charge is 2.48. The van der Waals surface area contributed by atoms with Crippen molar-refractivity contribution < 1.29 is 14.4 Å². The van der Waals surface area contributed by atoms with E-state index >= 15 is 0 Å². The minimum atomic E-state index is -3.65. The molecule has 184 valence electrons. The minimum absolute atomic E-state index is 0.512. The lowest BCUT2D eigenvalue weighted by atomic mass is 10.3. The molecule has 0 aliphatic heterocycles. The van der Waals surface area contributed by atoms with Crippen molar-refractivity contribution in [2.45, 2.75) is 12.5 Å². The molecule has 0 bridgehead atoms. The van der Waals surface area contributed by atoms with Crippen molar-refractivity contribution in [2.24, 2.45) is 0 Å². The predicted molar refractivity (Wildman–Crippen MR) is 156 cm³/mol. The van der Waals surface area contributed by atoms with E-state index in [1.54, 1.807) is 24.3 Å². The summed E-state index contributed by atoms with van der Waals surface area (Å²) in [6.45, 7) is 1.51. The third-order valence-corrected chi connectivity index (χ3v) is 12.1. The van der Waals surface area contributed by atoms with Crippen LogP contribution in [0.1, 0.15) is 6.92 Å². The van der Waals surface area contributed by atoms with Gasteiger partial charge in [-0.15, -0.1) is 0 Å². The van der Waals surface area contributed by atoms with E-state index in [1.807, 2.05) is 97.1 Å². The Kier molecular flexibility index (Phi) is 7.40. The van der Waals surface area contributed by atoms with Crippen LogP contribution in [0.4, 0.5) is 0 Å². The number of rotatable bonds is 8. The van der Waals surface area contributed by atoms with Gasteiger partial charge in [0.05, 0.1) is 0 Å². The molecule has 0 heterocycles. The molecule has 3 nitrogen and oxygen atoms in total. The zero-order valence-corrected chi connectivity index (χ0v) is 22.3. The van der Waals surface area contributed by atoms with Crippen molar-refractivity contribution in [3.63, 3.8) is 0 Å². The van der Waals surface area contributed by atoms with E-state index in [0.29, 0.717) is 16.4 Å². The average molecular weight is 523 g/mol. The van der Waals surface area contributed by atoms with Gasteiger partial charge in [-0.2, -0.15) is 0 Å². The highest BCUT2D eigenvalue weighted by atomic mass is 31.2. The molecule has 0 aromatic heterocycles. The van der Waals surface area contributed by atoms with Gasteiger partial charge in [0.25, 0.3) is 5.53 Å². The van der Waals surface area contributed by atoms with Crippen molar-refractivity contribution >= 4 is 41.6 Å². The quantitative estimate of drug-likeness (QED) is 0.216. The standard InChI is InChI=1S/C32H28O3P2/c1-32(33,37(34,28-20-10-4-11-21-28)29-22-12-5-13-23-29)35-30-24-14-15-25-31(30)36(26-16-6-2-7-17-26)27-18-8-3-9-19-27/h2-25,33H,1H3/t32-/m1/s1. The van der Waals surface area contributed by atoms with Crippen LogP contribution in [0.2, 0.25) is 0 Å². The molecule has 5 aromatic rings. The summed E-state index contributed by atoms with van der Waals surface area (Å²) < 4.78 is 21.3. The number of hydrogen-bond acceptors (Lipinski definition) is 3. The largest absolute Gasteiger partial charge is 0.454 e. The van der Waals surface area contributed by atoms with Crippen LogP contribution in [0.15, 0.2) is 146 Å². The van der Waals surface area contributed by atoms with E-state index in [1.165, 1.54) is 6.92 Å². The summed E-state index contributed by atoms with van der Waals surface area (Å²) in [6.07, 6.45) is 0. The maximum atomic E-state index is 14.9. The summed E-state index contributed by atoms with van der Waals surface area (Å²) in [7, 11) is -4.64. The second-order valence-electron chi connectivity index (χ2n) is 8.79. The fourth-order valence-electron chi connectivity index (χ4n) is 4.49. The van der Waals surface area contributed by atoms with Crippen LogP contribution in [0.5, 0.6) is 5.75 Å². The van der Waals surface area contributed by atoms with E-state index in [2.05, 4.69) is 24.3 Å². The van der Waals surface area contributed by atoms with E-state index in [-0.39, 0.29) is 0 Å². The summed E-state index contributed by atoms with van der Waals surface area (Å²) in [5.74, 6) is 0.512. The van der Waals surface area contributed by atoms with Gasteiger partial charge < -0.3 is 14.4 Å². The monoisotopic (exact) mass is 522 g/mol. The Hall–Kier alpha value is -3.48. The van der Waals surface area contributed by atoms with Gasteiger partial charge in [-0.3, -0.25) is 0 Å². The van der Waals surface area contributed by atoms with Crippen LogP contribution >= 0.6 is 15.1 Å². The Morgan fingerprint density at radius 3 is 1.43 bits per heavy atom. The van der Waals surface area contributed by atoms with Gasteiger partial charge >= 0.3 is 0 Å². The van der Waals surface area contributed by atoms with Gasteiger partial charge in [0.2, 0.25) is 7.14 Å². The van der Waals surface area contributed by atoms with E-state index < -0.39 is 20.6 Å². The lowest BCUT2D eigenvalue weighted by Gasteiger charge is -2.35. The summed E-state index contributed by atoms with van der Waals surface area (Å²) in [5, 5.41) is 16.3. The lowest BCUT2D eigenvalue weighted by molar-refractivity contribution is -0.0447. The maximum Gasteiger partial charge on any atom is 0.265 e. The molecule has 0 saturated carbocycles. The van der Waals surface area contributed by atoms with Crippen LogP contribution < -0.4 is 31.3 Å². The Bertz CT molecular complexity index is 1410. The molecule has 1 atom stereocenters. The molecule has 0 aliphatic carbocycles. The topological polar surface area (TPSA) is 46.5 Å². The number of ether oxygens (including phenoxy) is 1. The summed E-state index contributed by atoms with van der Waals surface area (Å²) in [5.41, 5.74) is -2.00. The second kappa shape index (κ2) is 10.9. The fraction of sp³-hybridized carbons (Fsp3) is 0.0625. The van der Waals surface area contributed by atoms with Gasteiger partial charge in [0.15, 0.2) is 0 Å². The van der Waals surface area contributed by atoms with Gasteiger partial charge in [-0.25, -0.2) is 0 Å². The molecule has 1 N–H and O–H groups in total. The third kappa shape index (κ3) is 5.04. The Morgan fingerprint density at radius 1 is 0.595 bits per heavy atom. The van der Waals surface area contributed by atoms with Crippen molar-refractivity contribution in [1.29, 1.82) is 0 Å². The molecule has 5 rings (SSSR count). The predicted octanol–water partition coefficient (Wildman–Crippen LogP) is 5.50. The molecule has 37 heavy (non-hydrogen) atoms. The molecule has 5 aromatic carbocycles. The highest BCUT2D eigenvalue weighted by molar-refractivity contribution is 7.80. The van der Waals surface area contributed by atoms with E-state index in [9.17, 15) is 9.67 Å². The highest BCUT2D eigenvalue weighted by Crippen LogP contribution is 2.55. The first-order chi connectivity index (χ1) is 18.0. The molecule has 5 heteroatoms. The van der Waals surface area contributed by atoms with Crippen LogP contribution in [-0.2, 0) is 4.57 Å². The molecular formula is C32H28O3P2. The van der Waals surface area contributed by atoms with E-state index in [4.69, 9.17) is 4.74 Å². The second-order valence-corrected chi connectivity index (χ2v) is 14.1. The zero-order valence-electron chi connectivity index (χ0n) is 20.5. The average Bonchev–Trinajstić information content (AvgIpc) is 2.95. The number of para-hydroxylation sites is 1. The molecule has 0 spiro atoms. The first-order valence-electron chi connectivity index (χ1n) is 12.1. The maximum absolute atomic E-state index is 14.9. The summed E-state index contributed by atoms with van der Waals surface area (Å²) >= 11 is 0.